The van der Waals surface area contributed by atoms with Crippen molar-refractivity contribution in [3.8, 4) is 17.2 Å². The Labute approximate surface area is 149 Å². The smallest absolute Gasteiger partial charge is 0.165 e. The highest BCUT2D eigenvalue weighted by Crippen LogP contribution is 2.30. The van der Waals surface area contributed by atoms with Crippen molar-refractivity contribution in [2.75, 3.05) is 5.73 Å². The minimum atomic E-state index is -0.281. The van der Waals surface area contributed by atoms with Crippen molar-refractivity contribution < 1.29 is 4.39 Å². The molecule has 0 aliphatic heterocycles. The molecule has 0 saturated heterocycles. The topological polar surface area (TPSA) is 80.0 Å². The number of nitrogens with two attached hydrogens (primary N) is 1. The van der Waals surface area contributed by atoms with Crippen molar-refractivity contribution in [1.29, 1.82) is 5.26 Å². The van der Waals surface area contributed by atoms with Crippen LogP contribution >= 0.6 is 0 Å². The molecule has 0 atom stereocenters. The number of halogens is 1. The number of hydrogen-bond donors (Lipinski definition) is 1. The third kappa shape index (κ3) is 2.66. The van der Waals surface area contributed by atoms with Gasteiger partial charge < -0.3 is 5.73 Å². The van der Waals surface area contributed by atoms with E-state index in [-0.39, 0.29) is 17.2 Å². The molecule has 2 N–H and O–H groups in total. The first-order valence-corrected chi connectivity index (χ1v) is 8.03. The van der Waals surface area contributed by atoms with Crippen LogP contribution in [0.25, 0.3) is 16.8 Å². The summed E-state index contributed by atoms with van der Waals surface area (Å²) in [5.41, 5.74) is 10.4. The number of rotatable bonds is 3. The Morgan fingerprint density at radius 1 is 1.08 bits per heavy atom. The van der Waals surface area contributed by atoms with Gasteiger partial charge in [-0.3, -0.25) is 0 Å². The van der Waals surface area contributed by atoms with E-state index in [0.29, 0.717) is 12.1 Å². The molecule has 4 aromatic rings. The van der Waals surface area contributed by atoms with Gasteiger partial charge in [0, 0.05) is 6.42 Å². The molecule has 2 aromatic carbocycles. The van der Waals surface area contributed by atoms with Gasteiger partial charge in [-0.15, -0.1) is 0 Å². The zero-order valence-corrected chi connectivity index (χ0v) is 13.7. The number of nitrogen functional groups attached to an aromatic ring is 1. The number of aromatic nitrogens is 3. The van der Waals surface area contributed by atoms with Gasteiger partial charge in [-0.25, -0.2) is 9.37 Å². The molecule has 0 aliphatic carbocycles. The lowest BCUT2D eigenvalue weighted by molar-refractivity contribution is 0.627. The van der Waals surface area contributed by atoms with Crippen LogP contribution < -0.4 is 5.73 Å². The van der Waals surface area contributed by atoms with Crippen LogP contribution in [0.4, 0.5) is 10.2 Å². The lowest BCUT2D eigenvalue weighted by Crippen LogP contribution is -2.03. The fourth-order valence-electron chi connectivity index (χ4n) is 2.95. The van der Waals surface area contributed by atoms with Crippen LogP contribution in [0.1, 0.15) is 16.8 Å². The predicted octanol–water partition coefficient (Wildman–Crippen LogP) is 3.58. The number of nitriles is 1. The van der Waals surface area contributed by atoms with Crippen molar-refractivity contribution in [3.05, 3.63) is 83.4 Å². The second-order valence-electron chi connectivity index (χ2n) is 5.90. The zero-order valence-electron chi connectivity index (χ0n) is 13.7. The molecule has 0 aliphatic rings. The average Bonchev–Trinajstić information content (AvgIpc) is 3.03. The van der Waals surface area contributed by atoms with Crippen LogP contribution in [0, 0.1) is 17.1 Å². The van der Waals surface area contributed by atoms with Crippen LogP contribution in [0.15, 0.2) is 60.8 Å². The lowest BCUT2D eigenvalue weighted by atomic mass is 10.0. The summed E-state index contributed by atoms with van der Waals surface area (Å²) in [6, 6.07) is 18.1. The quantitative estimate of drug-likeness (QED) is 0.616. The Morgan fingerprint density at radius 3 is 2.50 bits per heavy atom. The molecule has 126 valence electrons. The van der Waals surface area contributed by atoms with Crippen molar-refractivity contribution in [2.45, 2.75) is 6.42 Å². The zero-order chi connectivity index (χ0) is 18.1. The summed E-state index contributed by atoms with van der Waals surface area (Å²) in [5, 5.41) is 13.8. The van der Waals surface area contributed by atoms with E-state index in [1.807, 2.05) is 36.4 Å². The second kappa shape index (κ2) is 6.30. The summed E-state index contributed by atoms with van der Waals surface area (Å²) in [6.45, 7) is 0. The Morgan fingerprint density at radius 2 is 1.81 bits per heavy atom. The SMILES string of the molecule is N#Cc1cnc2c(-c3ccccc3)c(Cc3ccc(F)cc3)nn2c1N. The predicted molar refractivity (Wildman–Crippen MR) is 96.8 cm³/mol. The Hall–Kier alpha value is -3.72. The van der Waals surface area contributed by atoms with Gasteiger partial charge >= 0.3 is 0 Å². The first kappa shape index (κ1) is 15.8. The summed E-state index contributed by atoms with van der Waals surface area (Å²) >= 11 is 0. The minimum absolute atomic E-state index is 0.250. The molecule has 0 spiro atoms. The molecule has 0 fully saturated rings. The first-order valence-electron chi connectivity index (χ1n) is 8.03. The fraction of sp³-hybridized carbons (Fsp3) is 0.0500. The van der Waals surface area contributed by atoms with Gasteiger partial charge in [0.15, 0.2) is 5.65 Å². The van der Waals surface area contributed by atoms with E-state index in [0.717, 1.165) is 22.4 Å². The summed E-state index contributed by atoms with van der Waals surface area (Å²) in [5.74, 6) is -0.0309. The maximum absolute atomic E-state index is 13.2. The van der Waals surface area contributed by atoms with E-state index in [1.165, 1.54) is 22.8 Å². The van der Waals surface area contributed by atoms with Crippen molar-refractivity contribution in [2.24, 2.45) is 0 Å². The van der Waals surface area contributed by atoms with Crippen LogP contribution in [0.5, 0.6) is 0 Å². The van der Waals surface area contributed by atoms with E-state index in [2.05, 4.69) is 10.1 Å². The average molecular weight is 343 g/mol. The van der Waals surface area contributed by atoms with Gasteiger partial charge in [0.1, 0.15) is 23.3 Å². The van der Waals surface area contributed by atoms with E-state index in [9.17, 15) is 9.65 Å². The maximum atomic E-state index is 13.2. The van der Waals surface area contributed by atoms with Gasteiger partial charge in [-0.05, 0) is 23.3 Å². The molecule has 4 rings (SSSR count). The van der Waals surface area contributed by atoms with Gasteiger partial charge in [-0.2, -0.15) is 14.9 Å². The van der Waals surface area contributed by atoms with Gasteiger partial charge in [-0.1, -0.05) is 42.5 Å². The molecule has 0 radical (unpaired) electrons. The standard InChI is InChI=1S/C20H14FN5/c21-16-8-6-13(7-9-16)10-17-18(14-4-2-1-3-5-14)20-24-12-15(11-22)19(23)26(20)25-17/h1-9,12H,10,23H2. The van der Waals surface area contributed by atoms with Gasteiger partial charge in [0.2, 0.25) is 0 Å². The third-order valence-electron chi connectivity index (χ3n) is 4.22. The number of fused-ring (bicyclic) bond motifs is 1. The first-order chi connectivity index (χ1) is 12.7. The molecule has 6 heteroatoms. The van der Waals surface area contributed by atoms with Crippen LogP contribution in [-0.4, -0.2) is 14.6 Å². The van der Waals surface area contributed by atoms with Crippen molar-refractivity contribution >= 4 is 11.5 Å². The monoisotopic (exact) mass is 343 g/mol. The van der Waals surface area contributed by atoms with Crippen LogP contribution in [0.2, 0.25) is 0 Å². The molecule has 0 bridgehead atoms. The Balaban J connectivity index is 1.94. The second-order valence-corrected chi connectivity index (χ2v) is 5.90. The summed E-state index contributed by atoms with van der Waals surface area (Å²) in [4.78, 5) is 4.40. The highest BCUT2D eigenvalue weighted by molar-refractivity contribution is 5.81. The van der Waals surface area contributed by atoms with Gasteiger partial charge in [0.05, 0.1) is 17.5 Å². The van der Waals surface area contributed by atoms with Crippen LogP contribution in [-0.2, 0) is 6.42 Å². The molecular weight excluding hydrogens is 329 g/mol. The van der Waals surface area contributed by atoms with Crippen LogP contribution in [0.3, 0.4) is 0 Å². The molecule has 0 saturated carbocycles. The largest absolute Gasteiger partial charge is 0.382 e. The number of nitrogens with zero attached hydrogens (tertiary/aromatic N) is 4. The number of benzene rings is 2. The maximum Gasteiger partial charge on any atom is 0.165 e. The van der Waals surface area contributed by atoms with Gasteiger partial charge in [0.25, 0.3) is 0 Å². The van der Waals surface area contributed by atoms with Crippen molar-refractivity contribution in [1.82, 2.24) is 14.6 Å². The summed E-state index contributed by atoms with van der Waals surface area (Å²) in [6.07, 6.45) is 1.95. The molecular formula is C20H14FN5. The number of hydrogen-bond acceptors (Lipinski definition) is 4. The summed E-state index contributed by atoms with van der Waals surface area (Å²) in [7, 11) is 0. The van der Waals surface area contributed by atoms with E-state index >= 15 is 0 Å². The molecule has 2 aromatic heterocycles. The Kier molecular flexibility index (Phi) is 3.82. The molecule has 2 heterocycles. The van der Waals surface area contributed by atoms with Crippen molar-refractivity contribution in [3.63, 3.8) is 0 Å². The van der Waals surface area contributed by atoms with E-state index in [4.69, 9.17) is 5.73 Å². The molecule has 0 unspecified atom stereocenters. The minimum Gasteiger partial charge on any atom is -0.382 e. The van der Waals surface area contributed by atoms with E-state index in [1.54, 1.807) is 12.1 Å². The summed E-state index contributed by atoms with van der Waals surface area (Å²) < 4.78 is 14.7. The number of anilines is 1. The lowest BCUT2D eigenvalue weighted by Gasteiger charge is -2.04. The molecule has 26 heavy (non-hydrogen) atoms. The highest BCUT2D eigenvalue weighted by Gasteiger charge is 2.19. The van der Waals surface area contributed by atoms with E-state index < -0.39 is 0 Å². The third-order valence-corrected chi connectivity index (χ3v) is 4.22. The Bertz CT molecular complexity index is 1130. The fourth-order valence-corrected chi connectivity index (χ4v) is 2.95. The molecule has 5 nitrogen and oxygen atoms in total. The highest BCUT2D eigenvalue weighted by atomic mass is 19.1. The molecule has 0 amide bonds. The normalized spacial score (nSPS) is 10.8.